The van der Waals surface area contributed by atoms with Gasteiger partial charge in [0.2, 0.25) is 0 Å². The lowest BCUT2D eigenvalue weighted by molar-refractivity contribution is 0.626. The largest absolute Gasteiger partial charge is 0.380 e. The molecule has 1 aromatic carbocycles. The van der Waals surface area contributed by atoms with E-state index >= 15 is 0 Å². The fourth-order valence-corrected chi connectivity index (χ4v) is 3.75. The molecule has 5 heteroatoms. The summed E-state index contributed by atoms with van der Waals surface area (Å²) in [5.41, 5.74) is 0.806. The van der Waals surface area contributed by atoms with E-state index in [0.29, 0.717) is 15.5 Å². The number of rotatable bonds is 2. The van der Waals surface area contributed by atoms with Crippen molar-refractivity contribution >= 4 is 45.0 Å². The van der Waals surface area contributed by atoms with E-state index in [1.165, 1.54) is 23.6 Å². The number of thioether (sulfide) groups is 1. The quantitative estimate of drug-likeness (QED) is 0.856. The Bertz CT molecular complexity index is 359. The standard InChI is InChI=1S/C11H12BrClFNS/c12-9-5-7(14)6-10(13)11(9)15-8-1-3-16-4-2-8/h5-6,8,15H,1-4H2. The van der Waals surface area contributed by atoms with Crippen LogP contribution in [0.3, 0.4) is 0 Å². The highest BCUT2D eigenvalue weighted by molar-refractivity contribution is 9.10. The summed E-state index contributed by atoms with van der Waals surface area (Å²) in [5.74, 6) is 2.03. The number of anilines is 1. The van der Waals surface area contributed by atoms with Gasteiger partial charge in [0.15, 0.2) is 0 Å². The van der Waals surface area contributed by atoms with Crippen molar-refractivity contribution in [2.24, 2.45) is 0 Å². The Morgan fingerprint density at radius 3 is 2.69 bits per heavy atom. The number of hydrogen-bond acceptors (Lipinski definition) is 2. The van der Waals surface area contributed by atoms with Crippen LogP contribution in [-0.4, -0.2) is 17.5 Å². The molecule has 2 rings (SSSR count). The van der Waals surface area contributed by atoms with E-state index in [0.717, 1.165) is 18.5 Å². The van der Waals surface area contributed by atoms with Crippen molar-refractivity contribution in [2.75, 3.05) is 16.8 Å². The van der Waals surface area contributed by atoms with E-state index in [1.54, 1.807) is 0 Å². The van der Waals surface area contributed by atoms with Crippen LogP contribution in [-0.2, 0) is 0 Å². The number of halogens is 3. The van der Waals surface area contributed by atoms with Gasteiger partial charge in [0.1, 0.15) is 5.82 Å². The van der Waals surface area contributed by atoms with Crippen LogP contribution in [0.4, 0.5) is 10.1 Å². The van der Waals surface area contributed by atoms with Gasteiger partial charge < -0.3 is 5.32 Å². The van der Waals surface area contributed by atoms with E-state index in [-0.39, 0.29) is 5.82 Å². The smallest absolute Gasteiger partial charge is 0.125 e. The normalized spacial score (nSPS) is 17.4. The summed E-state index contributed by atoms with van der Waals surface area (Å²) < 4.78 is 13.7. The minimum atomic E-state index is -0.318. The Morgan fingerprint density at radius 2 is 2.06 bits per heavy atom. The van der Waals surface area contributed by atoms with Crippen molar-refractivity contribution in [2.45, 2.75) is 18.9 Å². The summed E-state index contributed by atoms with van der Waals surface area (Å²) >= 11 is 11.3. The molecule has 1 aliphatic heterocycles. The van der Waals surface area contributed by atoms with Crippen molar-refractivity contribution in [3.63, 3.8) is 0 Å². The molecule has 0 amide bonds. The third kappa shape index (κ3) is 3.05. The molecular weight excluding hydrogens is 313 g/mol. The third-order valence-corrected chi connectivity index (χ3v) is 4.55. The lowest BCUT2D eigenvalue weighted by atomic mass is 10.1. The van der Waals surface area contributed by atoms with Gasteiger partial charge in [-0.15, -0.1) is 0 Å². The Kier molecular flexibility index (Phi) is 4.39. The number of benzene rings is 1. The maximum absolute atomic E-state index is 13.0. The maximum atomic E-state index is 13.0. The zero-order valence-electron chi connectivity index (χ0n) is 8.60. The van der Waals surface area contributed by atoms with Crippen LogP contribution in [0.1, 0.15) is 12.8 Å². The molecule has 0 aliphatic carbocycles. The molecule has 0 unspecified atom stereocenters. The molecule has 1 fully saturated rings. The predicted octanol–water partition coefficient (Wildman–Crippen LogP) is 4.55. The Labute approximate surface area is 112 Å². The van der Waals surface area contributed by atoms with Gasteiger partial charge in [0, 0.05) is 10.5 Å². The highest BCUT2D eigenvalue weighted by Gasteiger charge is 2.16. The molecule has 1 aromatic rings. The van der Waals surface area contributed by atoms with Crippen molar-refractivity contribution in [1.82, 2.24) is 0 Å². The van der Waals surface area contributed by atoms with Crippen molar-refractivity contribution in [3.8, 4) is 0 Å². The minimum Gasteiger partial charge on any atom is -0.380 e. The third-order valence-electron chi connectivity index (χ3n) is 2.58. The van der Waals surface area contributed by atoms with Crippen LogP contribution < -0.4 is 5.32 Å². The molecule has 1 nitrogen and oxygen atoms in total. The van der Waals surface area contributed by atoms with Gasteiger partial charge in [-0.05, 0) is 52.4 Å². The molecule has 0 bridgehead atoms. The molecular formula is C11H12BrClFNS. The lowest BCUT2D eigenvalue weighted by Gasteiger charge is -2.24. The molecule has 0 spiro atoms. The van der Waals surface area contributed by atoms with Crippen LogP contribution in [0.5, 0.6) is 0 Å². The summed E-state index contributed by atoms with van der Waals surface area (Å²) in [6, 6.07) is 3.22. The topological polar surface area (TPSA) is 12.0 Å². The van der Waals surface area contributed by atoms with Gasteiger partial charge in [-0.2, -0.15) is 11.8 Å². The monoisotopic (exact) mass is 323 g/mol. The summed E-state index contributed by atoms with van der Waals surface area (Å²) in [4.78, 5) is 0. The summed E-state index contributed by atoms with van der Waals surface area (Å²) in [6.07, 6.45) is 2.26. The fourth-order valence-electron chi connectivity index (χ4n) is 1.73. The molecule has 0 saturated carbocycles. The SMILES string of the molecule is Fc1cc(Cl)c(NC2CCSCC2)c(Br)c1. The molecule has 0 aromatic heterocycles. The van der Waals surface area contributed by atoms with Crippen molar-refractivity contribution in [1.29, 1.82) is 0 Å². The van der Waals surface area contributed by atoms with Crippen molar-refractivity contribution in [3.05, 3.63) is 27.4 Å². The van der Waals surface area contributed by atoms with Gasteiger partial charge in [0.25, 0.3) is 0 Å². The zero-order valence-corrected chi connectivity index (χ0v) is 11.8. The van der Waals surface area contributed by atoms with E-state index in [4.69, 9.17) is 11.6 Å². The molecule has 0 radical (unpaired) electrons. The van der Waals surface area contributed by atoms with Crippen LogP contribution in [0.15, 0.2) is 16.6 Å². The van der Waals surface area contributed by atoms with E-state index in [1.807, 2.05) is 11.8 Å². The molecule has 16 heavy (non-hydrogen) atoms. The summed E-state index contributed by atoms with van der Waals surface area (Å²) in [7, 11) is 0. The van der Waals surface area contributed by atoms with E-state index < -0.39 is 0 Å². The van der Waals surface area contributed by atoms with Gasteiger partial charge >= 0.3 is 0 Å². The Balaban J connectivity index is 2.14. The fraction of sp³-hybridized carbons (Fsp3) is 0.455. The second-order valence-corrected chi connectivity index (χ2v) is 6.26. The summed E-state index contributed by atoms with van der Waals surface area (Å²) in [5, 5.41) is 3.82. The zero-order chi connectivity index (χ0) is 11.5. The average Bonchev–Trinajstić information content (AvgIpc) is 2.25. The van der Waals surface area contributed by atoms with Crippen LogP contribution in [0.25, 0.3) is 0 Å². The van der Waals surface area contributed by atoms with Gasteiger partial charge in [-0.3, -0.25) is 0 Å². The molecule has 0 atom stereocenters. The maximum Gasteiger partial charge on any atom is 0.125 e. The van der Waals surface area contributed by atoms with Gasteiger partial charge in [0.05, 0.1) is 10.7 Å². The highest BCUT2D eigenvalue weighted by Crippen LogP contribution is 2.33. The van der Waals surface area contributed by atoms with Gasteiger partial charge in [-0.1, -0.05) is 11.6 Å². The number of nitrogens with one attached hydrogen (secondary N) is 1. The Hall–Kier alpha value is 0.0700. The average molecular weight is 325 g/mol. The Morgan fingerprint density at radius 1 is 1.38 bits per heavy atom. The van der Waals surface area contributed by atoms with Crippen molar-refractivity contribution < 1.29 is 4.39 Å². The first kappa shape index (κ1) is 12.5. The van der Waals surface area contributed by atoms with Crippen LogP contribution >= 0.6 is 39.3 Å². The lowest BCUT2D eigenvalue weighted by Crippen LogP contribution is -2.24. The minimum absolute atomic E-state index is 0.318. The second kappa shape index (κ2) is 5.61. The molecule has 1 heterocycles. The molecule has 1 N–H and O–H groups in total. The predicted molar refractivity (Wildman–Crippen MR) is 73.1 cm³/mol. The number of hydrogen-bond donors (Lipinski definition) is 1. The van der Waals surface area contributed by atoms with Crippen LogP contribution in [0, 0.1) is 5.82 Å². The summed E-state index contributed by atoms with van der Waals surface area (Å²) in [6.45, 7) is 0. The van der Waals surface area contributed by atoms with E-state index in [9.17, 15) is 4.39 Å². The molecule has 1 saturated heterocycles. The van der Waals surface area contributed by atoms with Crippen LogP contribution in [0.2, 0.25) is 5.02 Å². The molecule has 88 valence electrons. The van der Waals surface area contributed by atoms with E-state index in [2.05, 4.69) is 21.2 Å². The highest BCUT2D eigenvalue weighted by atomic mass is 79.9. The first-order chi connectivity index (χ1) is 7.66. The first-order valence-corrected chi connectivity index (χ1v) is 7.48. The molecule has 1 aliphatic rings. The second-order valence-electron chi connectivity index (χ2n) is 3.78. The van der Waals surface area contributed by atoms with Gasteiger partial charge in [-0.25, -0.2) is 4.39 Å². The first-order valence-electron chi connectivity index (χ1n) is 5.15.